The number of halogens is 1. The molecule has 3 aliphatic rings. The van der Waals surface area contributed by atoms with E-state index >= 15 is 0 Å². The summed E-state index contributed by atoms with van der Waals surface area (Å²) in [7, 11) is 0. The van der Waals surface area contributed by atoms with Gasteiger partial charge in [-0.2, -0.15) is 5.10 Å². The topological polar surface area (TPSA) is 77.0 Å². The number of nitrogens with one attached hydrogen (secondary N) is 1. The van der Waals surface area contributed by atoms with Crippen LogP contribution in [-0.4, -0.2) is 29.9 Å². The molecule has 0 spiro atoms. The zero-order valence-corrected chi connectivity index (χ0v) is 17.8. The minimum atomic E-state index is -0.485. The number of anilines is 1. The van der Waals surface area contributed by atoms with Crippen LogP contribution >= 0.6 is 11.6 Å². The average molecular weight is 429 g/mol. The first-order chi connectivity index (χ1) is 14.3. The van der Waals surface area contributed by atoms with E-state index in [2.05, 4.69) is 30.6 Å². The van der Waals surface area contributed by atoms with Crippen molar-refractivity contribution in [3.8, 4) is 0 Å². The van der Waals surface area contributed by atoms with Crippen LogP contribution in [0.25, 0.3) is 0 Å². The molecule has 1 aromatic rings. The quantitative estimate of drug-likeness (QED) is 0.335. The zero-order chi connectivity index (χ0) is 21.6. The Labute approximate surface area is 181 Å². The highest BCUT2D eigenvalue weighted by Crippen LogP contribution is 2.52. The number of esters is 2. The van der Waals surface area contributed by atoms with E-state index in [1.165, 1.54) is 6.92 Å². The van der Waals surface area contributed by atoms with E-state index in [4.69, 9.17) is 21.1 Å². The van der Waals surface area contributed by atoms with Gasteiger partial charge in [-0.05, 0) is 30.5 Å². The molecule has 158 valence electrons. The van der Waals surface area contributed by atoms with Gasteiger partial charge in [0.2, 0.25) is 0 Å². The first kappa shape index (κ1) is 20.7. The highest BCUT2D eigenvalue weighted by Gasteiger charge is 2.57. The smallest absolute Gasteiger partial charge is 0.334 e. The zero-order valence-electron chi connectivity index (χ0n) is 17.1. The van der Waals surface area contributed by atoms with Crippen molar-refractivity contribution in [3.05, 3.63) is 53.6 Å². The van der Waals surface area contributed by atoms with Gasteiger partial charge in [0.15, 0.2) is 0 Å². The maximum absolute atomic E-state index is 12.3. The van der Waals surface area contributed by atoms with Crippen molar-refractivity contribution < 1.29 is 19.1 Å². The van der Waals surface area contributed by atoms with Gasteiger partial charge in [0.1, 0.15) is 12.2 Å². The Morgan fingerprint density at radius 1 is 1.33 bits per heavy atom. The van der Waals surface area contributed by atoms with Gasteiger partial charge in [-0.15, -0.1) is 0 Å². The lowest BCUT2D eigenvalue weighted by atomic mass is 9.79. The van der Waals surface area contributed by atoms with E-state index < -0.39 is 18.2 Å². The molecule has 1 N–H and O–H groups in total. The maximum atomic E-state index is 12.3. The number of ether oxygens (including phenoxy) is 2. The fourth-order valence-electron chi connectivity index (χ4n) is 5.12. The lowest BCUT2D eigenvalue weighted by Gasteiger charge is -2.29. The summed E-state index contributed by atoms with van der Waals surface area (Å²) >= 11 is 6.05. The monoisotopic (exact) mass is 428 g/mol. The van der Waals surface area contributed by atoms with Gasteiger partial charge in [0.25, 0.3) is 0 Å². The molecule has 3 fully saturated rings. The third-order valence-electron chi connectivity index (χ3n) is 6.50. The van der Waals surface area contributed by atoms with Crippen LogP contribution in [0.5, 0.6) is 0 Å². The normalized spacial score (nSPS) is 34.2. The van der Waals surface area contributed by atoms with Crippen LogP contribution in [0.3, 0.4) is 0 Å². The van der Waals surface area contributed by atoms with Gasteiger partial charge in [0.05, 0.1) is 11.6 Å². The highest BCUT2D eigenvalue weighted by atomic mass is 35.5. The second kappa shape index (κ2) is 7.91. The summed E-state index contributed by atoms with van der Waals surface area (Å²) in [6.45, 7) is 11.7. The fourth-order valence-corrected chi connectivity index (χ4v) is 5.31. The molecular weight excluding hydrogens is 404 g/mol. The Morgan fingerprint density at radius 3 is 2.80 bits per heavy atom. The van der Waals surface area contributed by atoms with Gasteiger partial charge >= 0.3 is 11.9 Å². The average Bonchev–Trinajstić information content (AvgIpc) is 3.12. The minimum absolute atomic E-state index is 0.00571. The number of nitrogens with zero attached hydrogens (tertiary/aromatic N) is 1. The summed E-state index contributed by atoms with van der Waals surface area (Å²) in [5, 5.41) is 5.28. The van der Waals surface area contributed by atoms with E-state index in [1.807, 2.05) is 18.2 Å². The van der Waals surface area contributed by atoms with Gasteiger partial charge in [0, 0.05) is 41.5 Å². The van der Waals surface area contributed by atoms with E-state index in [-0.39, 0.29) is 29.6 Å². The maximum Gasteiger partial charge on any atom is 0.334 e. The summed E-state index contributed by atoms with van der Waals surface area (Å²) in [5.41, 5.74) is 6.25. The van der Waals surface area contributed by atoms with E-state index in [1.54, 1.807) is 6.07 Å². The van der Waals surface area contributed by atoms with Crippen molar-refractivity contribution in [1.29, 1.82) is 0 Å². The van der Waals surface area contributed by atoms with Crippen molar-refractivity contribution in [2.45, 2.75) is 38.9 Å². The minimum Gasteiger partial charge on any atom is -0.461 e. The van der Waals surface area contributed by atoms with Crippen LogP contribution in [-0.2, 0) is 19.1 Å². The lowest BCUT2D eigenvalue weighted by Crippen LogP contribution is -2.37. The van der Waals surface area contributed by atoms with Crippen molar-refractivity contribution >= 4 is 34.9 Å². The van der Waals surface area contributed by atoms with Crippen molar-refractivity contribution in [3.63, 3.8) is 0 Å². The molecule has 0 amide bonds. The summed E-state index contributed by atoms with van der Waals surface area (Å²) in [6.07, 6.45) is 0.298. The molecule has 7 heteroatoms. The molecule has 0 bridgehead atoms. The molecule has 6 unspecified atom stereocenters. The molecule has 30 heavy (non-hydrogen) atoms. The summed E-state index contributed by atoms with van der Waals surface area (Å²) in [6, 6.07) is 7.37. The van der Waals surface area contributed by atoms with E-state index in [0.717, 1.165) is 17.0 Å². The fraction of sp³-hybridized carbons (Fsp3) is 0.435. The molecule has 0 aromatic heterocycles. The van der Waals surface area contributed by atoms with Crippen LogP contribution in [0.15, 0.2) is 53.7 Å². The number of hydrogen-bond acceptors (Lipinski definition) is 6. The van der Waals surface area contributed by atoms with Crippen molar-refractivity contribution in [1.82, 2.24) is 0 Å². The molecule has 1 heterocycles. The number of fused-ring (bicyclic) bond motifs is 3. The van der Waals surface area contributed by atoms with Gasteiger partial charge in [-0.25, -0.2) is 4.79 Å². The largest absolute Gasteiger partial charge is 0.461 e. The molecular formula is C23H25ClN2O4. The van der Waals surface area contributed by atoms with Gasteiger partial charge in [-0.3, -0.25) is 10.2 Å². The third-order valence-corrected chi connectivity index (χ3v) is 6.73. The van der Waals surface area contributed by atoms with E-state index in [0.29, 0.717) is 23.4 Å². The first-order valence-electron chi connectivity index (χ1n) is 10.1. The molecule has 6 atom stereocenters. The number of rotatable bonds is 3. The Balaban J connectivity index is 1.63. The highest BCUT2D eigenvalue weighted by molar-refractivity contribution is 6.30. The number of hydrazone groups is 1. The van der Waals surface area contributed by atoms with Crippen LogP contribution in [0, 0.1) is 23.7 Å². The molecule has 1 saturated heterocycles. The third kappa shape index (κ3) is 3.65. The van der Waals surface area contributed by atoms with Gasteiger partial charge < -0.3 is 9.47 Å². The predicted molar refractivity (Wildman–Crippen MR) is 115 cm³/mol. The molecule has 6 nitrogen and oxygen atoms in total. The standard InChI is InChI=1S/C23H25ClN2O4/c1-11-8-19(29-14(4)27)21-13(3)23(28)30-22(21)20-12(2)18(10-17(11)20)26-25-16-7-5-6-15(24)9-16/h5-7,9,12,17,19-22,25H,1,3,8,10H2,2,4H3/b26-18-. The second-order valence-electron chi connectivity index (χ2n) is 8.33. The molecule has 2 aliphatic carbocycles. The Bertz CT molecular complexity index is 956. The summed E-state index contributed by atoms with van der Waals surface area (Å²) in [4.78, 5) is 24.0. The van der Waals surface area contributed by atoms with Crippen LogP contribution in [0.4, 0.5) is 5.69 Å². The Kier molecular flexibility index (Phi) is 5.45. The molecule has 1 aromatic carbocycles. The number of carbonyl (C=O) groups is 2. The first-order valence-corrected chi connectivity index (χ1v) is 10.5. The Morgan fingerprint density at radius 2 is 2.10 bits per heavy atom. The predicted octanol–water partition coefficient (Wildman–Crippen LogP) is 4.37. The number of carbonyl (C=O) groups excluding carboxylic acids is 2. The number of hydrogen-bond donors (Lipinski definition) is 1. The van der Waals surface area contributed by atoms with Crippen LogP contribution in [0.2, 0.25) is 5.02 Å². The summed E-state index contributed by atoms with van der Waals surface area (Å²) < 4.78 is 11.3. The molecule has 0 radical (unpaired) electrons. The van der Waals surface area contributed by atoms with Crippen molar-refractivity contribution in [2.24, 2.45) is 28.8 Å². The SMILES string of the molecule is C=C1CC(OC(C)=O)C2C(=C)C(=O)OC2C2C1C/C(=N/Nc1cccc(Cl)c1)C2C. The van der Waals surface area contributed by atoms with Crippen LogP contribution < -0.4 is 5.43 Å². The number of benzene rings is 1. The van der Waals surface area contributed by atoms with Crippen molar-refractivity contribution in [2.75, 3.05) is 5.43 Å². The lowest BCUT2D eigenvalue weighted by molar-refractivity contribution is -0.150. The molecule has 2 saturated carbocycles. The Hall–Kier alpha value is -2.60. The van der Waals surface area contributed by atoms with Crippen LogP contribution in [0.1, 0.15) is 26.7 Å². The molecule has 1 aliphatic heterocycles. The molecule has 4 rings (SSSR count). The van der Waals surface area contributed by atoms with E-state index in [9.17, 15) is 9.59 Å². The second-order valence-corrected chi connectivity index (χ2v) is 8.77. The summed E-state index contributed by atoms with van der Waals surface area (Å²) in [5.74, 6) is -1.01. The van der Waals surface area contributed by atoms with Gasteiger partial charge in [-0.1, -0.05) is 43.3 Å².